The summed E-state index contributed by atoms with van der Waals surface area (Å²) in [6, 6.07) is 3.89. The first-order valence-electron chi connectivity index (χ1n) is 4.69. The van der Waals surface area contributed by atoms with Crippen LogP contribution in [0.5, 0.6) is 0 Å². The molecule has 0 amide bonds. The van der Waals surface area contributed by atoms with E-state index in [4.69, 9.17) is 17.3 Å². The highest BCUT2D eigenvalue weighted by molar-refractivity contribution is 7.99. The molecule has 0 atom stereocenters. The van der Waals surface area contributed by atoms with Crippen molar-refractivity contribution in [3.63, 3.8) is 0 Å². The number of hydrogen-bond acceptors (Lipinski definition) is 2. The Hall–Kier alpha value is -0.340. The highest BCUT2D eigenvalue weighted by Gasteiger charge is 2.04. The van der Waals surface area contributed by atoms with Crippen molar-refractivity contribution in [2.45, 2.75) is 25.7 Å². The van der Waals surface area contributed by atoms with E-state index in [1.807, 2.05) is 23.9 Å². The first-order chi connectivity index (χ1) is 6.50. The van der Waals surface area contributed by atoms with Gasteiger partial charge < -0.3 is 5.73 Å². The van der Waals surface area contributed by atoms with E-state index in [0.29, 0.717) is 16.6 Å². The van der Waals surface area contributed by atoms with Gasteiger partial charge in [-0.15, -0.1) is 11.8 Å². The van der Waals surface area contributed by atoms with Gasteiger partial charge in [0.1, 0.15) is 0 Å². The normalized spacial score (nSPS) is 10.9. The smallest absolute Gasteiger partial charge is 0.0646 e. The quantitative estimate of drug-likeness (QED) is 0.627. The molecule has 0 fully saturated rings. The van der Waals surface area contributed by atoms with Gasteiger partial charge >= 0.3 is 0 Å². The molecule has 1 rings (SSSR count). The van der Waals surface area contributed by atoms with Gasteiger partial charge in [0.2, 0.25) is 0 Å². The van der Waals surface area contributed by atoms with Gasteiger partial charge in [-0.2, -0.15) is 0 Å². The summed E-state index contributed by atoms with van der Waals surface area (Å²) in [5.41, 5.74) is 7.58. The largest absolute Gasteiger partial charge is 0.398 e. The topological polar surface area (TPSA) is 26.0 Å². The number of nitrogens with two attached hydrogens (primary N) is 1. The fourth-order valence-electron chi connectivity index (χ4n) is 1.10. The van der Waals surface area contributed by atoms with Crippen LogP contribution in [0.3, 0.4) is 0 Å². The van der Waals surface area contributed by atoms with Crippen LogP contribution in [0.1, 0.15) is 19.4 Å². The number of thioether (sulfide) groups is 1. The van der Waals surface area contributed by atoms with Crippen LogP contribution in [0.25, 0.3) is 0 Å². The second-order valence-electron chi connectivity index (χ2n) is 3.84. The van der Waals surface area contributed by atoms with Crippen molar-refractivity contribution in [1.82, 2.24) is 0 Å². The Morgan fingerprint density at radius 3 is 2.64 bits per heavy atom. The summed E-state index contributed by atoms with van der Waals surface area (Å²) >= 11 is 7.80. The maximum atomic E-state index is 5.96. The number of benzene rings is 1. The number of hydrogen-bond donors (Lipinski definition) is 1. The summed E-state index contributed by atoms with van der Waals surface area (Å²) in [5.74, 6) is 1.80. The first-order valence-corrected chi connectivity index (χ1v) is 6.05. The molecule has 0 aliphatic carbocycles. The number of anilines is 1. The molecule has 0 aliphatic rings. The van der Waals surface area contributed by atoms with E-state index in [-0.39, 0.29) is 0 Å². The fraction of sp³-hybridized carbons (Fsp3) is 0.455. The molecule has 0 aliphatic heterocycles. The third-order valence-corrected chi connectivity index (χ3v) is 3.78. The Bertz CT molecular complexity index is 323. The molecule has 0 aromatic heterocycles. The molecule has 0 radical (unpaired) electrons. The van der Waals surface area contributed by atoms with Gasteiger partial charge in [-0.05, 0) is 30.5 Å². The van der Waals surface area contributed by atoms with Crippen LogP contribution >= 0.6 is 23.4 Å². The third-order valence-electron chi connectivity index (χ3n) is 1.87. The minimum atomic E-state index is 0.654. The molecular weight excluding hydrogens is 214 g/mol. The lowest BCUT2D eigenvalue weighted by Gasteiger charge is -2.09. The monoisotopic (exact) mass is 229 g/mol. The SMILES string of the molecule is Cc1cc(N)c(Cl)cc1SCC(C)C. The molecule has 1 aromatic carbocycles. The molecule has 1 nitrogen and oxygen atoms in total. The van der Waals surface area contributed by atoms with E-state index in [2.05, 4.69) is 20.8 Å². The molecule has 0 heterocycles. The van der Waals surface area contributed by atoms with Crippen molar-refractivity contribution in [2.24, 2.45) is 5.92 Å². The Balaban J connectivity index is 2.82. The lowest BCUT2D eigenvalue weighted by molar-refractivity contribution is 0.750. The lowest BCUT2D eigenvalue weighted by Crippen LogP contribution is -1.93. The van der Waals surface area contributed by atoms with Crippen LogP contribution in [-0.2, 0) is 0 Å². The van der Waals surface area contributed by atoms with Gasteiger partial charge in [0.15, 0.2) is 0 Å². The van der Waals surface area contributed by atoms with Crippen molar-refractivity contribution in [3.05, 3.63) is 22.7 Å². The molecule has 0 unspecified atom stereocenters. The highest BCUT2D eigenvalue weighted by Crippen LogP contribution is 2.30. The molecular formula is C11H16ClNS. The summed E-state index contributed by atoms with van der Waals surface area (Å²) in [6.45, 7) is 6.48. The summed E-state index contributed by atoms with van der Waals surface area (Å²) in [7, 11) is 0. The molecule has 0 saturated heterocycles. The predicted octanol–water partition coefficient (Wildman–Crippen LogP) is 3.98. The molecule has 1 aromatic rings. The summed E-state index contributed by atoms with van der Waals surface area (Å²) < 4.78 is 0. The predicted molar refractivity (Wildman–Crippen MR) is 66.2 cm³/mol. The van der Waals surface area contributed by atoms with Crippen LogP contribution < -0.4 is 5.73 Å². The van der Waals surface area contributed by atoms with Gasteiger partial charge in [0.05, 0.1) is 10.7 Å². The van der Waals surface area contributed by atoms with Crippen LogP contribution in [0.15, 0.2) is 17.0 Å². The van der Waals surface area contributed by atoms with Crippen molar-refractivity contribution < 1.29 is 0 Å². The second-order valence-corrected chi connectivity index (χ2v) is 5.31. The molecule has 0 spiro atoms. The van der Waals surface area contributed by atoms with Crippen molar-refractivity contribution in [2.75, 3.05) is 11.5 Å². The summed E-state index contributed by atoms with van der Waals surface area (Å²) in [5, 5.41) is 0.654. The van der Waals surface area contributed by atoms with Crippen molar-refractivity contribution in [3.8, 4) is 0 Å². The van der Waals surface area contributed by atoms with Crippen molar-refractivity contribution in [1.29, 1.82) is 0 Å². The van der Waals surface area contributed by atoms with Crippen LogP contribution in [0.2, 0.25) is 5.02 Å². The average molecular weight is 230 g/mol. The van der Waals surface area contributed by atoms with E-state index in [1.54, 1.807) is 0 Å². The number of nitrogen functional groups attached to an aromatic ring is 1. The third kappa shape index (κ3) is 3.10. The minimum Gasteiger partial charge on any atom is -0.398 e. The van der Waals surface area contributed by atoms with Crippen LogP contribution in [0, 0.1) is 12.8 Å². The standard InChI is InChI=1S/C11H16ClNS/c1-7(2)6-14-11-5-9(12)10(13)4-8(11)3/h4-5,7H,6,13H2,1-3H3. The fourth-order valence-corrected chi connectivity index (χ4v) is 2.33. The first kappa shape index (κ1) is 11.7. The van der Waals surface area contributed by atoms with E-state index >= 15 is 0 Å². The average Bonchev–Trinajstić information content (AvgIpc) is 2.09. The Morgan fingerprint density at radius 2 is 2.07 bits per heavy atom. The summed E-state index contributed by atoms with van der Waals surface area (Å²) in [4.78, 5) is 1.23. The number of rotatable bonds is 3. The van der Waals surface area contributed by atoms with Gasteiger partial charge in [0.25, 0.3) is 0 Å². The molecule has 0 saturated carbocycles. The molecule has 0 bridgehead atoms. The Kier molecular flexibility index (Phi) is 4.14. The maximum absolute atomic E-state index is 5.96. The highest BCUT2D eigenvalue weighted by atomic mass is 35.5. The minimum absolute atomic E-state index is 0.654. The number of halogens is 1. The zero-order valence-corrected chi connectivity index (χ0v) is 10.4. The summed E-state index contributed by atoms with van der Waals surface area (Å²) in [6.07, 6.45) is 0. The molecule has 2 N–H and O–H groups in total. The Labute approximate surface area is 95.0 Å². The van der Waals surface area contributed by atoms with Gasteiger partial charge in [-0.1, -0.05) is 25.4 Å². The number of aryl methyl sites for hydroxylation is 1. The van der Waals surface area contributed by atoms with E-state index < -0.39 is 0 Å². The molecule has 14 heavy (non-hydrogen) atoms. The van der Waals surface area contributed by atoms with Crippen LogP contribution in [-0.4, -0.2) is 5.75 Å². The maximum Gasteiger partial charge on any atom is 0.0646 e. The van der Waals surface area contributed by atoms with E-state index in [9.17, 15) is 0 Å². The second kappa shape index (κ2) is 4.94. The van der Waals surface area contributed by atoms with E-state index in [0.717, 1.165) is 5.75 Å². The zero-order chi connectivity index (χ0) is 10.7. The molecule has 78 valence electrons. The molecule has 3 heteroatoms. The van der Waals surface area contributed by atoms with Crippen molar-refractivity contribution >= 4 is 29.1 Å². The zero-order valence-electron chi connectivity index (χ0n) is 8.80. The Morgan fingerprint density at radius 1 is 1.43 bits per heavy atom. The van der Waals surface area contributed by atoms with Gasteiger partial charge in [0, 0.05) is 10.6 Å². The van der Waals surface area contributed by atoms with E-state index in [1.165, 1.54) is 10.5 Å². The van der Waals surface area contributed by atoms with Gasteiger partial charge in [-0.25, -0.2) is 0 Å². The lowest BCUT2D eigenvalue weighted by atomic mass is 10.2. The van der Waals surface area contributed by atoms with Crippen LogP contribution in [0.4, 0.5) is 5.69 Å². The van der Waals surface area contributed by atoms with Gasteiger partial charge in [-0.3, -0.25) is 0 Å².